The maximum atomic E-state index is 12.5. The van der Waals surface area contributed by atoms with Crippen molar-refractivity contribution in [1.82, 2.24) is 0 Å². The van der Waals surface area contributed by atoms with Crippen LogP contribution in [0, 0.1) is 6.92 Å². The van der Waals surface area contributed by atoms with Crippen molar-refractivity contribution in [3.8, 4) is 51.4 Å². The van der Waals surface area contributed by atoms with Gasteiger partial charge in [-0.1, -0.05) is 60.7 Å². The number of aliphatic hydroxyl groups is 3. The molecule has 0 unspecified atom stereocenters. The first-order chi connectivity index (χ1) is 24.8. The van der Waals surface area contributed by atoms with Gasteiger partial charge in [0.1, 0.15) is 63.3 Å². The highest BCUT2D eigenvalue weighted by molar-refractivity contribution is 5.90. The molecular formula is C37H30O15. The van der Waals surface area contributed by atoms with Gasteiger partial charge in [-0.3, -0.25) is 9.59 Å². The van der Waals surface area contributed by atoms with Crippen LogP contribution in [0.15, 0.2) is 103 Å². The van der Waals surface area contributed by atoms with Gasteiger partial charge in [-0.05, 0) is 6.92 Å². The summed E-state index contributed by atoms with van der Waals surface area (Å²) in [6.45, 7) is 1.54. The molecule has 1 fully saturated rings. The standard InChI is InChI=1S/C21H18O11.C16H12O4/c22-9-6-10(8-4-2-1-3-5-8)30-11-7-12(14(23)15(24)13(9)11)31-21-18(27)16(25)17(26)19(32-21)20(28)29;1-9-11(17)7-14-15(16(9)19)12(18)8-13(20-14)10-5-3-2-4-6-10/h1-7,16-19,21,23-27H,(H,28,29);2-8,17,19H,1H3/t16-,17-,18+,19-,21+;/m0./s1. The molecule has 1 saturated heterocycles. The zero-order chi connectivity index (χ0) is 37.4. The molecule has 5 atom stereocenters. The average molecular weight is 715 g/mol. The Bertz CT molecular complexity index is 2400. The topological polar surface area (TPSA) is 258 Å². The van der Waals surface area contributed by atoms with Crippen LogP contribution in [0.3, 0.4) is 0 Å². The predicted molar refractivity (Wildman–Crippen MR) is 182 cm³/mol. The number of rotatable bonds is 5. The number of benzene rings is 4. The number of hydrogen-bond donors (Lipinski definition) is 8. The van der Waals surface area contributed by atoms with Gasteiger partial charge in [0.05, 0.1) is 0 Å². The average Bonchev–Trinajstić information content (AvgIpc) is 3.13. The Labute approximate surface area is 291 Å². The molecule has 0 saturated carbocycles. The monoisotopic (exact) mass is 714 g/mol. The van der Waals surface area contributed by atoms with Crippen molar-refractivity contribution in [2.45, 2.75) is 37.6 Å². The number of carbonyl (C=O) groups is 1. The summed E-state index contributed by atoms with van der Waals surface area (Å²) in [7, 11) is 0. The highest BCUT2D eigenvalue weighted by atomic mass is 16.7. The highest BCUT2D eigenvalue weighted by Gasteiger charge is 2.48. The molecule has 1 aliphatic rings. The Morgan fingerprint density at radius 1 is 0.654 bits per heavy atom. The maximum Gasteiger partial charge on any atom is 0.335 e. The lowest BCUT2D eigenvalue weighted by Gasteiger charge is -2.38. The summed E-state index contributed by atoms with van der Waals surface area (Å²) in [6.07, 6.45) is -9.56. The number of phenols is 4. The van der Waals surface area contributed by atoms with Gasteiger partial charge >= 0.3 is 5.97 Å². The van der Waals surface area contributed by atoms with Crippen molar-refractivity contribution >= 4 is 27.9 Å². The molecule has 8 N–H and O–H groups in total. The lowest BCUT2D eigenvalue weighted by molar-refractivity contribution is -0.271. The van der Waals surface area contributed by atoms with E-state index in [2.05, 4.69) is 0 Å². The van der Waals surface area contributed by atoms with Gasteiger partial charge in [0, 0.05) is 41.0 Å². The van der Waals surface area contributed by atoms with Gasteiger partial charge in [0.15, 0.2) is 28.5 Å². The Hall–Kier alpha value is -6.39. The molecule has 3 heterocycles. The van der Waals surface area contributed by atoms with Crippen molar-refractivity contribution in [2.75, 3.05) is 0 Å². The summed E-state index contributed by atoms with van der Waals surface area (Å²) in [4.78, 5) is 35.9. The molecule has 0 radical (unpaired) electrons. The van der Waals surface area contributed by atoms with Crippen molar-refractivity contribution in [3.63, 3.8) is 0 Å². The summed E-state index contributed by atoms with van der Waals surface area (Å²) < 4.78 is 21.6. The molecule has 2 aromatic heterocycles. The lowest BCUT2D eigenvalue weighted by Crippen LogP contribution is -2.61. The van der Waals surface area contributed by atoms with Crippen LogP contribution in [-0.4, -0.2) is 77.5 Å². The van der Waals surface area contributed by atoms with E-state index in [0.717, 1.165) is 17.7 Å². The first kappa shape index (κ1) is 35.4. The van der Waals surface area contributed by atoms with E-state index < -0.39 is 59.4 Å². The van der Waals surface area contributed by atoms with E-state index in [4.69, 9.17) is 23.4 Å². The zero-order valence-electron chi connectivity index (χ0n) is 26.9. The number of phenolic OH excluding ortho intramolecular Hbond substituents is 4. The maximum absolute atomic E-state index is 12.5. The van der Waals surface area contributed by atoms with Crippen LogP contribution in [-0.2, 0) is 9.53 Å². The fourth-order valence-corrected chi connectivity index (χ4v) is 5.51. The third-order valence-corrected chi connectivity index (χ3v) is 8.32. The molecule has 4 aromatic carbocycles. The molecule has 52 heavy (non-hydrogen) atoms. The van der Waals surface area contributed by atoms with Gasteiger partial charge in [0.2, 0.25) is 12.0 Å². The second kappa shape index (κ2) is 14.1. The Balaban J connectivity index is 0.000000198. The van der Waals surface area contributed by atoms with Crippen LogP contribution in [0.25, 0.3) is 44.6 Å². The largest absolute Gasteiger partial charge is 0.507 e. The second-order valence-corrected chi connectivity index (χ2v) is 11.7. The second-order valence-electron chi connectivity index (χ2n) is 11.7. The fraction of sp³-hybridized carbons (Fsp3) is 0.162. The van der Waals surface area contributed by atoms with Gasteiger partial charge in [-0.2, -0.15) is 0 Å². The molecule has 6 aromatic rings. The van der Waals surface area contributed by atoms with Gasteiger partial charge < -0.3 is 59.2 Å². The first-order valence-electron chi connectivity index (χ1n) is 15.5. The number of fused-ring (bicyclic) bond motifs is 2. The zero-order valence-corrected chi connectivity index (χ0v) is 26.9. The minimum atomic E-state index is -1.94. The van der Waals surface area contributed by atoms with Crippen molar-refractivity contribution in [1.29, 1.82) is 0 Å². The number of aliphatic carboxylic acids is 1. The quantitative estimate of drug-likeness (QED) is 0.119. The summed E-state index contributed by atoms with van der Waals surface area (Å²) in [5, 5.41) is 79.0. The minimum absolute atomic E-state index is 0.0833. The van der Waals surface area contributed by atoms with E-state index >= 15 is 0 Å². The number of carboxylic acid groups (broad SMARTS) is 1. The third-order valence-electron chi connectivity index (χ3n) is 8.32. The Kier molecular flexibility index (Phi) is 9.60. The molecular weight excluding hydrogens is 684 g/mol. The van der Waals surface area contributed by atoms with Gasteiger partial charge in [-0.25, -0.2) is 4.79 Å². The fourth-order valence-electron chi connectivity index (χ4n) is 5.51. The number of ether oxygens (including phenoxy) is 2. The summed E-state index contributed by atoms with van der Waals surface area (Å²) in [6, 6.07) is 22.6. The van der Waals surface area contributed by atoms with E-state index in [9.17, 15) is 50.1 Å². The molecule has 7 rings (SSSR count). The van der Waals surface area contributed by atoms with Crippen molar-refractivity contribution in [2.24, 2.45) is 0 Å². The van der Waals surface area contributed by atoms with E-state index in [0.29, 0.717) is 11.3 Å². The number of carboxylic acids is 1. The van der Waals surface area contributed by atoms with Crippen molar-refractivity contribution in [3.05, 3.63) is 111 Å². The smallest absolute Gasteiger partial charge is 0.335 e. The van der Waals surface area contributed by atoms with Crippen LogP contribution in [0.4, 0.5) is 0 Å². The molecule has 0 bridgehead atoms. The molecule has 15 nitrogen and oxygen atoms in total. The van der Waals surface area contributed by atoms with Crippen LogP contribution in [0.2, 0.25) is 0 Å². The number of aliphatic hydroxyl groups excluding tert-OH is 3. The molecule has 15 heteroatoms. The number of aromatic hydroxyl groups is 4. The third kappa shape index (κ3) is 6.59. The highest BCUT2D eigenvalue weighted by Crippen LogP contribution is 2.42. The summed E-state index contributed by atoms with van der Waals surface area (Å²) in [5.74, 6) is -3.71. The van der Waals surface area contributed by atoms with Crippen LogP contribution in [0.5, 0.6) is 28.7 Å². The van der Waals surface area contributed by atoms with Crippen LogP contribution < -0.4 is 15.6 Å². The lowest BCUT2D eigenvalue weighted by atomic mass is 9.99. The molecule has 0 spiro atoms. The predicted octanol–water partition coefficient (Wildman–Crippen LogP) is 3.32. The molecule has 1 aliphatic heterocycles. The SMILES string of the molecule is Cc1c(O)cc2oc(-c3ccccc3)cc(=O)c2c1O.O=C(O)[C@H]1O[C@@H](Oc2cc3oc(-c4ccccc4)cc(=O)c3c(O)c2O)[C@H](O)[C@@H](O)[C@@H]1O. The van der Waals surface area contributed by atoms with Crippen LogP contribution in [0.1, 0.15) is 5.56 Å². The Morgan fingerprint density at radius 2 is 1.15 bits per heavy atom. The van der Waals surface area contributed by atoms with E-state index in [1.165, 1.54) is 19.1 Å². The molecule has 0 amide bonds. The van der Waals surface area contributed by atoms with E-state index in [-0.39, 0.29) is 50.2 Å². The van der Waals surface area contributed by atoms with E-state index in [1.54, 1.807) is 30.3 Å². The van der Waals surface area contributed by atoms with Crippen LogP contribution >= 0.6 is 0 Å². The number of hydrogen-bond acceptors (Lipinski definition) is 14. The summed E-state index contributed by atoms with van der Waals surface area (Å²) in [5.41, 5.74) is 0.574. The van der Waals surface area contributed by atoms with Crippen molar-refractivity contribution < 1.29 is 64.0 Å². The first-order valence-corrected chi connectivity index (χ1v) is 15.5. The van der Waals surface area contributed by atoms with Gasteiger partial charge in [-0.15, -0.1) is 0 Å². The molecule has 0 aliphatic carbocycles. The van der Waals surface area contributed by atoms with Gasteiger partial charge in [0.25, 0.3) is 0 Å². The minimum Gasteiger partial charge on any atom is -0.507 e. The summed E-state index contributed by atoms with van der Waals surface area (Å²) >= 11 is 0. The molecule has 268 valence electrons. The normalized spacial score (nSPS) is 19.9. The Morgan fingerprint density at radius 3 is 1.67 bits per heavy atom. The van der Waals surface area contributed by atoms with E-state index in [1.807, 2.05) is 30.3 Å².